The van der Waals surface area contributed by atoms with E-state index in [9.17, 15) is 0 Å². The molecule has 1 radical (unpaired) electrons. The van der Waals surface area contributed by atoms with Gasteiger partial charge in [0.1, 0.15) is 0 Å². The zero-order valence-electron chi connectivity index (χ0n) is 1.50. The Kier molecular flexibility index (Phi) is 296. The maximum atomic E-state index is 0. The summed E-state index contributed by atoms with van der Waals surface area (Å²) in [5.74, 6) is 0. The van der Waals surface area contributed by atoms with Crippen LogP contribution in [0.4, 0.5) is 0 Å². The summed E-state index contributed by atoms with van der Waals surface area (Å²) in [4.78, 5) is 0. The van der Waals surface area contributed by atoms with Gasteiger partial charge in [-0.1, -0.05) is 0 Å². The van der Waals surface area contributed by atoms with Crippen molar-refractivity contribution in [2.75, 3.05) is 0 Å². The summed E-state index contributed by atoms with van der Waals surface area (Å²) in [5, 5.41) is 0. The fraction of sp³-hybridized carbons (Fsp3) is 0. The Morgan fingerprint density at radius 1 is 1.00 bits per heavy atom. The molecular weight excluding hydrogens is 423 g/mol. The first kappa shape index (κ1) is 48.7. The molecule has 0 amide bonds. The molecule has 0 N–H and O–H groups in total. The summed E-state index contributed by atoms with van der Waals surface area (Å²) in [6.07, 6.45) is 0. The minimum atomic E-state index is 0. The van der Waals surface area contributed by atoms with Crippen LogP contribution in [0.15, 0.2) is 0 Å². The Morgan fingerprint density at radius 2 is 1.00 bits per heavy atom. The molecule has 0 aliphatic heterocycles. The van der Waals surface area contributed by atoms with E-state index in [0.29, 0.717) is 0 Å². The Labute approximate surface area is 85.8 Å². The third kappa shape index (κ3) is 20.6. The van der Waals surface area contributed by atoms with E-state index >= 15 is 0 Å². The van der Waals surface area contributed by atoms with Gasteiger partial charge in [-0.2, -0.15) is 0 Å². The van der Waals surface area contributed by atoms with Gasteiger partial charge in [-0.15, -0.1) is 0 Å². The maximum Gasteiger partial charge on any atom is 0 e. The smallest absolute Gasteiger partial charge is 0 e. The largest absolute Gasteiger partial charge is 0.0149 e. The number of hydrogen-bond donors (Lipinski definition) is 0. The molecule has 0 unspecified atom stereocenters. The SMILES string of the molecule is [Co].[Fe].[Mo].[SiH4].[W]. The van der Waals surface area contributed by atoms with E-state index in [1.165, 1.54) is 0 Å². The first-order chi connectivity index (χ1) is 0. The van der Waals surface area contributed by atoms with Gasteiger partial charge in [0.05, 0.1) is 0 Å². The van der Waals surface area contributed by atoms with Crippen molar-refractivity contribution in [3.63, 3.8) is 0 Å². The van der Waals surface area contributed by atoms with E-state index < -0.39 is 0 Å². The average molecular weight is 427 g/mol. The summed E-state index contributed by atoms with van der Waals surface area (Å²) >= 11 is 0. The molecule has 0 bridgehead atoms. The summed E-state index contributed by atoms with van der Waals surface area (Å²) in [7, 11) is 0. The first-order valence-electron chi connectivity index (χ1n) is 0. The molecule has 0 aliphatic rings. The van der Waals surface area contributed by atoms with Crippen molar-refractivity contribution in [2.24, 2.45) is 0 Å². The molecule has 0 aliphatic carbocycles. The molecule has 0 nitrogen and oxygen atoms in total. The Bertz CT molecular complexity index is 11.6. The predicted molar refractivity (Wildman–Crippen MR) is 11.3 cm³/mol. The molecule has 0 rings (SSSR count). The van der Waals surface area contributed by atoms with Crippen LogP contribution in [-0.4, -0.2) is 11.0 Å². The van der Waals surface area contributed by atoms with Gasteiger partial charge in [0.2, 0.25) is 0 Å². The summed E-state index contributed by atoms with van der Waals surface area (Å²) in [6.45, 7) is 0. The van der Waals surface area contributed by atoms with Crippen LogP contribution < -0.4 is 0 Å². The molecule has 0 atom stereocenters. The van der Waals surface area contributed by atoms with E-state index in [1.54, 1.807) is 0 Å². The molecule has 0 saturated carbocycles. The summed E-state index contributed by atoms with van der Waals surface area (Å²) < 4.78 is 0. The third-order valence-corrected chi connectivity index (χ3v) is 0. The van der Waals surface area contributed by atoms with Crippen molar-refractivity contribution in [1.29, 1.82) is 0 Å². The fourth-order valence-electron chi connectivity index (χ4n) is 0. The van der Waals surface area contributed by atoms with Gasteiger partial charge in [-0.25, -0.2) is 0 Å². The van der Waals surface area contributed by atoms with Crippen molar-refractivity contribution in [1.82, 2.24) is 0 Å². The second kappa shape index (κ2) is 30.5. The third-order valence-electron chi connectivity index (χ3n) is 0. The molecule has 0 saturated heterocycles. The average Bonchev–Trinajstić information content (AvgIpc) is 0. The zero-order chi connectivity index (χ0) is 0. The summed E-state index contributed by atoms with van der Waals surface area (Å²) in [5.41, 5.74) is 0. The van der Waals surface area contributed by atoms with E-state index in [4.69, 9.17) is 0 Å². The minimum absolute atomic E-state index is 0. The minimum Gasteiger partial charge on any atom is -0.0149 e. The van der Waals surface area contributed by atoms with Gasteiger partial charge in [0.15, 0.2) is 0 Å². The van der Waals surface area contributed by atoms with Gasteiger partial charge < -0.3 is 0 Å². The fourth-order valence-corrected chi connectivity index (χ4v) is 0. The quantitative estimate of drug-likeness (QED) is 0.416. The molecule has 0 aromatic heterocycles. The molecule has 0 fully saturated rings. The standard InChI is InChI=1S/Co.Fe.Mo.H4Si.W/h;;;1H4;. The van der Waals surface area contributed by atoms with Crippen molar-refractivity contribution < 1.29 is 76.0 Å². The van der Waals surface area contributed by atoms with E-state index in [1.807, 2.05) is 0 Å². The zero-order valence-corrected chi connectivity index (χ0v) is 8.59. The van der Waals surface area contributed by atoms with Crippen LogP contribution >= 0.6 is 0 Å². The van der Waals surface area contributed by atoms with Gasteiger partial charge in [-0.3, -0.25) is 0 Å². The number of rotatable bonds is 0. The molecular formula is H4CoFeMoSiW. The van der Waals surface area contributed by atoms with Crippen LogP contribution in [0.2, 0.25) is 0 Å². The van der Waals surface area contributed by atoms with Crippen LogP contribution in [0.5, 0.6) is 0 Å². The van der Waals surface area contributed by atoms with Gasteiger partial charge >= 0.3 is 0 Å². The Morgan fingerprint density at radius 3 is 1.00 bits per heavy atom. The topological polar surface area (TPSA) is 0 Å². The van der Waals surface area contributed by atoms with Crippen LogP contribution in [0.25, 0.3) is 0 Å². The summed E-state index contributed by atoms with van der Waals surface area (Å²) in [6, 6.07) is 0. The molecule has 5 heteroatoms. The van der Waals surface area contributed by atoms with Gasteiger partial charge in [0.25, 0.3) is 0 Å². The molecule has 37 valence electrons. The monoisotopic (exact) mass is 429 g/mol. The molecule has 0 heterocycles. The predicted octanol–water partition coefficient (Wildman–Crippen LogP) is -1.46. The van der Waals surface area contributed by atoms with Crippen LogP contribution in [0.1, 0.15) is 0 Å². The normalized spacial score (nSPS) is 0. The Balaban J connectivity index is 0. The van der Waals surface area contributed by atoms with E-state index in [-0.39, 0.29) is 86.9 Å². The van der Waals surface area contributed by atoms with Crippen molar-refractivity contribution in [3.05, 3.63) is 0 Å². The molecule has 0 spiro atoms. The Hall–Kier alpha value is 2.62. The van der Waals surface area contributed by atoms with Gasteiger partial charge in [0, 0.05) is 76.0 Å². The second-order valence-electron chi connectivity index (χ2n) is 0. The van der Waals surface area contributed by atoms with Crippen molar-refractivity contribution >= 4 is 11.0 Å². The van der Waals surface area contributed by atoms with Crippen LogP contribution in [-0.2, 0) is 76.0 Å². The van der Waals surface area contributed by atoms with E-state index in [0.717, 1.165) is 0 Å². The van der Waals surface area contributed by atoms with Crippen LogP contribution in [0.3, 0.4) is 0 Å². The van der Waals surface area contributed by atoms with Gasteiger partial charge in [-0.05, 0) is 11.0 Å². The molecule has 0 aromatic rings. The van der Waals surface area contributed by atoms with Crippen molar-refractivity contribution in [3.8, 4) is 0 Å². The molecule has 5 heavy (non-hydrogen) atoms. The van der Waals surface area contributed by atoms with E-state index in [2.05, 4.69) is 0 Å². The maximum absolute atomic E-state index is 0. The molecule has 0 aromatic carbocycles. The number of hydrogen-bond acceptors (Lipinski definition) is 0. The second-order valence-corrected chi connectivity index (χ2v) is 0. The van der Waals surface area contributed by atoms with Crippen molar-refractivity contribution in [2.45, 2.75) is 0 Å². The first-order valence-corrected chi connectivity index (χ1v) is 0. The van der Waals surface area contributed by atoms with Crippen LogP contribution in [0, 0.1) is 0 Å².